The first-order valence-corrected chi connectivity index (χ1v) is 7.15. The molecule has 5 heteroatoms. The Labute approximate surface area is 117 Å². The molecular weight excluding hydrogens is 254 g/mol. The topological polar surface area (TPSA) is 61.4 Å². The number of fused-ring (bicyclic) bond motifs is 2. The number of hydrogen-bond donors (Lipinski definition) is 2. The van der Waals surface area contributed by atoms with E-state index in [-0.39, 0.29) is 17.9 Å². The third kappa shape index (κ3) is 1.73. The fourth-order valence-corrected chi connectivity index (χ4v) is 3.42. The molecule has 0 bridgehead atoms. The number of piperidine rings is 1. The van der Waals surface area contributed by atoms with E-state index in [0.717, 1.165) is 30.6 Å². The Morgan fingerprint density at radius 2 is 1.90 bits per heavy atom. The first-order valence-electron chi connectivity index (χ1n) is 7.15. The molecule has 3 heterocycles. The van der Waals surface area contributed by atoms with Crippen LogP contribution in [-0.2, 0) is 24.4 Å². The van der Waals surface area contributed by atoms with Gasteiger partial charge in [0, 0.05) is 38.2 Å². The summed E-state index contributed by atoms with van der Waals surface area (Å²) in [5.41, 5.74) is 4.55. The van der Waals surface area contributed by atoms with E-state index in [2.05, 4.69) is 22.8 Å². The Kier molecular flexibility index (Phi) is 2.57. The van der Waals surface area contributed by atoms with Gasteiger partial charge in [0.05, 0.1) is 6.04 Å². The number of nitrogens with one attached hydrogen (secondary N) is 2. The van der Waals surface area contributed by atoms with Crippen LogP contribution >= 0.6 is 0 Å². The molecule has 104 valence electrons. The molecule has 1 aromatic rings. The maximum absolute atomic E-state index is 12.6. The van der Waals surface area contributed by atoms with Crippen LogP contribution in [0, 0.1) is 0 Å². The van der Waals surface area contributed by atoms with Gasteiger partial charge in [-0.2, -0.15) is 0 Å². The summed E-state index contributed by atoms with van der Waals surface area (Å²) < 4.78 is 0. The molecule has 0 saturated carbocycles. The van der Waals surface area contributed by atoms with Gasteiger partial charge >= 0.3 is 0 Å². The number of carbonyl (C=O) groups excluding carboxylic acids is 2. The van der Waals surface area contributed by atoms with E-state index in [1.54, 1.807) is 0 Å². The second-order valence-electron chi connectivity index (χ2n) is 5.81. The molecule has 20 heavy (non-hydrogen) atoms. The van der Waals surface area contributed by atoms with Crippen LogP contribution in [0.3, 0.4) is 0 Å². The maximum Gasteiger partial charge on any atom is 0.254 e. The summed E-state index contributed by atoms with van der Waals surface area (Å²) >= 11 is 0. The van der Waals surface area contributed by atoms with Crippen molar-refractivity contribution in [1.29, 1.82) is 0 Å². The lowest BCUT2D eigenvalue weighted by Crippen LogP contribution is -2.48. The van der Waals surface area contributed by atoms with E-state index in [1.807, 2.05) is 4.90 Å². The lowest BCUT2D eigenvalue weighted by molar-refractivity contribution is -0.123. The van der Waals surface area contributed by atoms with E-state index < -0.39 is 0 Å². The van der Waals surface area contributed by atoms with Gasteiger partial charge in [-0.25, -0.2) is 0 Å². The van der Waals surface area contributed by atoms with Crippen LogP contribution in [0.25, 0.3) is 0 Å². The van der Waals surface area contributed by atoms with E-state index in [9.17, 15) is 9.59 Å². The van der Waals surface area contributed by atoms with Crippen LogP contribution in [0.4, 0.5) is 0 Å². The summed E-state index contributed by atoms with van der Waals surface area (Å²) in [6.07, 6.45) is 1.29. The predicted molar refractivity (Wildman–Crippen MR) is 72.9 cm³/mol. The normalized spacial score (nSPS) is 24.6. The first kappa shape index (κ1) is 11.9. The van der Waals surface area contributed by atoms with Crippen molar-refractivity contribution in [2.75, 3.05) is 6.54 Å². The van der Waals surface area contributed by atoms with Crippen molar-refractivity contribution in [1.82, 2.24) is 15.5 Å². The van der Waals surface area contributed by atoms with Gasteiger partial charge in [0.2, 0.25) is 5.91 Å². The summed E-state index contributed by atoms with van der Waals surface area (Å²) in [7, 11) is 0. The summed E-state index contributed by atoms with van der Waals surface area (Å²) in [6.45, 7) is 3.02. The SMILES string of the molecule is O=C1CCC(N2Cc3cc4c(cc3C2=O)CNC4)CN1. The molecule has 2 N–H and O–H groups in total. The number of amides is 2. The molecule has 5 nitrogen and oxygen atoms in total. The second kappa shape index (κ2) is 4.31. The van der Waals surface area contributed by atoms with Gasteiger partial charge < -0.3 is 15.5 Å². The van der Waals surface area contributed by atoms with Gasteiger partial charge in [-0.15, -0.1) is 0 Å². The standard InChI is InChI=1S/C15H17N3O2/c19-14-2-1-12(7-17-14)18-8-11-3-9-5-16-6-10(9)4-13(11)15(18)20/h3-4,12,16H,1-2,5-8H2,(H,17,19). The van der Waals surface area contributed by atoms with E-state index in [1.165, 1.54) is 11.1 Å². The highest BCUT2D eigenvalue weighted by atomic mass is 16.2. The van der Waals surface area contributed by atoms with Crippen LogP contribution < -0.4 is 10.6 Å². The van der Waals surface area contributed by atoms with Crippen LogP contribution in [0.15, 0.2) is 12.1 Å². The van der Waals surface area contributed by atoms with Crippen molar-refractivity contribution in [3.8, 4) is 0 Å². The number of carbonyl (C=O) groups is 2. The molecule has 2 amide bonds. The molecule has 1 saturated heterocycles. The minimum Gasteiger partial charge on any atom is -0.354 e. The molecule has 0 radical (unpaired) electrons. The highest BCUT2D eigenvalue weighted by Crippen LogP contribution is 2.30. The molecule has 1 unspecified atom stereocenters. The third-order valence-electron chi connectivity index (χ3n) is 4.57. The van der Waals surface area contributed by atoms with Gasteiger partial charge in [0.15, 0.2) is 0 Å². The van der Waals surface area contributed by atoms with E-state index in [0.29, 0.717) is 19.5 Å². The molecule has 4 rings (SSSR count). The lowest BCUT2D eigenvalue weighted by Gasteiger charge is -2.31. The minimum absolute atomic E-state index is 0.0930. The molecule has 1 fully saturated rings. The van der Waals surface area contributed by atoms with Crippen LogP contribution in [0.5, 0.6) is 0 Å². The molecule has 3 aliphatic rings. The number of nitrogens with zero attached hydrogens (tertiary/aromatic N) is 1. The average Bonchev–Trinajstić information content (AvgIpc) is 3.02. The smallest absolute Gasteiger partial charge is 0.254 e. The molecule has 3 aliphatic heterocycles. The average molecular weight is 271 g/mol. The first-order chi connectivity index (χ1) is 9.72. The van der Waals surface area contributed by atoms with Crippen molar-refractivity contribution in [2.45, 2.75) is 38.5 Å². The monoisotopic (exact) mass is 271 g/mol. The Bertz CT molecular complexity index is 601. The molecule has 1 atom stereocenters. The Morgan fingerprint density at radius 1 is 1.10 bits per heavy atom. The van der Waals surface area contributed by atoms with E-state index in [4.69, 9.17) is 0 Å². The van der Waals surface area contributed by atoms with Crippen molar-refractivity contribution in [3.05, 3.63) is 34.4 Å². The number of rotatable bonds is 1. The van der Waals surface area contributed by atoms with Crippen molar-refractivity contribution < 1.29 is 9.59 Å². The van der Waals surface area contributed by atoms with Gasteiger partial charge in [-0.3, -0.25) is 9.59 Å². The largest absolute Gasteiger partial charge is 0.354 e. The number of hydrogen-bond acceptors (Lipinski definition) is 3. The molecule has 0 aromatic heterocycles. The van der Waals surface area contributed by atoms with Crippen molar-refractivity contribution >= 4 is 11.8 Å². The maximum atomic E-state index is 12.6. The summed E-state index contributed by atoms with van der Waals surface area (Å²) in [5, 5.41) is 6.17. The Hall–Kier alpha value is -1.88. The third-order valence-corrected chi connectivity index (χ3v) is 4.57. The molecule has 0 aliphatic carbocycles. The summed E-state index contributed by atoms with van der Waals surface area (Å²) in [5.74, 6) is 0.214. The van der Waals surface area contributed by atoms with Gasteiger partial charge in [-0.05, 0) is 29.2 Å². The van der Waals surface area contributed by atoms with Crippen molar-refractivity contribution in [3.63, 3.8) is 0 Å². The fraction of sp³-hybridized carbons (Fsp3) is 0.467. The van der Waals surface area contributed by atoms with Gasteiger partial charge in [-0.1, -0.05) is 6.07 Å². The predicted octanol–water partition coefficient (Wildman–Crippen LogP) is 0.524. The highest BCUT2D eigenvalue weighted by Gasteiger charge is 2.35. The molecular formula is C15H17N3O2. The van der Waals surface area contributed by atoms with Crippen molar-refractivity contribution in [2.24, 2.45) is 0 Å². The summed E-state index contributed by atoms with van der Waals surface area (Å²) in [4.78, 5) is 25.7. The van der Waals surface area contributed by atoms with Crippen LogP contribution in [-0.4, -0.2) is 29.3 Å². The fourth-order valence-electron chi connectivity index (χ4n) is 3.42. The number of benzene rings is 1. The lowest BCUT2D eigenvalue weighted by atomic mass is 10.0. The molecule has 0 spiro atoms. The van der Waals surface area contributed by atoms with Gasteiger partial charge in [0.25, 0.3) is 5.91 Å². The minimum atomic E-state index is 0.0930. The van der Waals surface area contributed by atoms with Crippen LogP contribution in [0.1, 0.15) is 39.9 Å². The van der Waals surface area contributed by atoms with Gasteiger partial charge in [0.1, 0.15) is 0 Å². The van der Waals surface area contributed by atoms with Crippen LogP contribution in [0.2, 0.25) is 0 Å². The zero-order valence-electron chi connectivity index (χ0n) is 11.2. The quantitative estimate of drug-likeness (QED) is 0.783. The zero-order valence-corrected chi connectivity index (χ0v) is 11.2. The zero-order chi connectivity index (χ0) is 13.7. The molecule has 1 aromatic carbocycles. The highest BCUT2D eigenvalue weighted by molar-refractivity contribution is 5.99. The summed E-state index contributed by atoms with van der Waals surface area (Å²) in [6, 6.07) is 4.36. The Balaban J connectivity index is 1.61. The Morgan fingerprint density at radius 3 is 2.65 bits per heavy atom. The second-order valence-corrected chi connectivity index (χ2v) is 5.81. The van der Waals surface area contributed by atoms with E-state index >= 15 is 0 Å².